The highest BCUT2D eigenvalue weighted by atomic mass is 16.3. The zero-order valence-corrected chi connectivity index (χ0v) is 14.3. The first-order valence-electron chi connectivity index (χ1n) is 8.38. The number of rotatable bonds is 5. The number of nitrogens with zero attached hydrogens (tertiary/aromatic N) is 1. The van der Waals surface area contributed by atoms with Gasteiger partial charge in [0.05, 0.1) is 17.4 Å². The van der Waals surface area contributed by atoms with Gasteiger partial charge in [-0.25, -0.2) is 0 Å². The van der Waals surface area contributed by atoms with Crippen LogP contribution < -0.4 is 11.1 Å². The normalized spacial score (nSPS) is 18.4. The van der Waals surface area contributed by atoms with Crippen molar-refractivity contribution in [3.63, 3.8) is 0 Å². The summed E-state index contributed by atoms with van der Waals surface area (Å²) < 4.78 is 0. The largest absolute Gasteiger partial charge is 0.512 e. The second-order valence-corrected chi connectivity index (χ2v) is 6.46. The predicted octanol–water partition coefficient (Wildman–Crippen LogP) is 3.03. The monoisotopic (exact) mass is 341 g/mol. The Morgan fingerprint density at radius 1 is 1.24 bits per heavy atom. The lowest BCUT2D eigenvalue weighted by Crippen LogP contribution is -2.45. The average Bonchev–Trinajstić information content (AvgIpc) is 2.56. The molecule has 0 heterocycles. The van der Waals surface area contributed by atoms with Gasteiger partial charge in [-0.1, -0.05) is 37.5 Å². The van der Waals surface area contributed by atoms with E-state index in [1.54, 1.807) is 24.3 Å². The molecule has 1 unspecified atom stereocenters. The van der Waals surface area contributed by atoms with E-state index in [0.717, 1.165) is 19.3 Å². The number of anilines is 1. The van der Waals surface area contributed by atoms with Crippen LogP contribution in [0.4, 0.5) is 5.69 Å². The van der Waals surface area contributed by atoms with Crippen LogP contribution in [0.2, 0.25) is 0 Å². The number of aliphatic hydroxyl groups is 1. The molecule has 1 aliphatic carbocycles. The van der Waals surface area contributed by atoms with Crippen LogP contribution in [0.5, 0.6) is 0 Å². The molecule has 2 amide bonds. The molecule has 132 valence electrons. The number of carbonyl (C=O) groups is 2. The van der Waals surface area contributed by atoms with E-state index in [0.29, 0.717) is 18.5 Å². The third-order valence-corrected chi connectivity index (χ3v) is 4.83. The van der Waals surface area contributed by atoms with Crippen LogP contribution in [0.25, 0.3) is 0 Å². The van der Waals surface area contributed by atoms with Crippen molar-refractivity contribution < 1.29 is 14.7 Å². The number of hydrogen-bond acceptors (Lipinski definition) is 4. The van der Waals surface area contributed by atoms with Crippen molar-refractivity contribution in [2.45, 2.75) is 39.0 Å². The zero-order valence-electron chi connectivity index (χ0n) is 14.3. The molecular formula is C19H23N3O3. The number of nitrogens with one attached hydrogen (secondary N) is 1. The summed E-state index contributed by atoms with van der Waals surface area (Å²) in [5, 5.41) is 22.5. The first kappa shape index (κ1) is 18.5. The average molecular weight is 341 g/mol. The number of primary amides is 1. The Bertz CT molecular complexity index is 709. The van der Waals surface area contributed by atoms with Gasteiger partial charge in [-0.15, -0.1) is 0 Å². The van der Waals surface area contributed by atoms with Crippen LogP contribution in [0.1, 0.15) is 39.0 Å². The van der Waals surface area contributed by atoms with Gasteiger partial charge in [0.15, 0.2) is 0 Å². The minimum atomic E-state index is -1.16. The van der Waals surface area contributed by atoms with Gasteiger partial charge in [-0.2, -0.15) is 5.26 Å². The van der Waals surface area contributed by atoms with Crippen molar-refractivity contribution in [1.29, 1.82) is 5.26 Å². The molecule has 25 heavy (non-hydrogen) atoms. The van der Waals surface area contributed by atoms with Crippen LogP contribution in [0.3, 0.4) is 0 Å². The Hall–Kier alpha value is -2.81. The molecule has 0 aliphatic heterocycles. The molecular weight excluding hydrogens is 318 g/mol. The van der Waals surface area contributed by atoms with E-state index in [1.165, 1.54) is 6.92 Å². The number of allylic oxidation sites excluding steroid dienone is 1. The van der Waals surface area contributed by atoms with Gasteiger partial charge in [0.1, 0.15) is 5.92 Å². The van der Waals surface area contributed by atoms with Crippen molar-refractivity contribution >= 4 is 17.5 Å². The maximum absolute atomic E-state index is 12.9. The van der Waals surface area contributed by atoms with Gasteiger partial charge in [-0.3, -0.25) is 9.59 Å². The summed E-state index contributed by atoms with van der Waals surface area (Å²) >= 11 is 0. The van der Waals surface area contributed by atoms with Gasteiger partial charge in [0, 0.05) is 11.1 Å². The molecule has 6 nitrogen and oxygen atoms in total. The van der Waals surface area contributed by atoms with Gasteiger partial charge < -0.3 is 16.2 Å². The molecule has 0 bridgehead atoms. The van der Waals surface area contributed by atoms with Crippen LogP contribution in [-0.2, 0) is 9.59 Å². The molecule has 4 N–H and O–H groups in total. The molecule has 1 aliphatic rings. The highest BCUT2D eigenvalue weighted by Gasteiger charge is 2.49. The molecule has 6 heteroatoms. The Kier molecular flexibility index (Phi) is 5.81. The fourth-order valence-corrected chi connectivity index (χ4v) is 3.79. The van der Waals surface area contributed by atoms with Crippen LogP contribution >= 0.6 is 0 Å². The maximum Gasteiger partial charge on any atom is 0.255 e. The number of benzene rings is 1. The molecule has 1 atom stereocenters. The third kappa shape index (κ3) is 3.82. The van der Waals surface area contributed by atoms with E-state index in [4.69, 9.17) is 5.73 Å². The first-order valence-corrected chi connectivity index (χ1v) is 8.38. The van der Waals surface area contributed by atoms with Crippen LogP contribution in [-0.4, -0.2) is 16.9 Å². The van der Waals surface area contributed by atoms with Crippen molar-refractivity contribution in [3.8, 4) is 6.07 Å². The fraction of sp³-hybridized carbons (Fsp3) is 0.421. The number of aliphatic hydroxyl groups excluding tert-OH is 1. The molecule has 2 rings (SSSR count). The smallest absolute Gasteiger partial charge is 0.255 e. The maximum atomic E-state index is 12.9. The quantitative estimate of drug-likeness (QED) is 0.563. The highest BCUT2D eigenvalue weighted by molar-refractivity contribution is 6.05. The van der Waals surface area contributed by atoms with E-state index in [9.17, 15) is 20.0 Å². The standard InChI is InChI=1S/C19H23N3O3/c1-13(23)16(18(25)22-14-8-4-2-5-9-14)19(10-6-3-7-11-19)15(12-20)17(21)24/h2,4-5,8-9,15,23H,3,6-7,10-11H2,1H3,(H2,21,24)(H,22,25). The van der Waals surface area contributed by atoms with Gasteiger partial charge in [0.2, 0.25) is 5.91 Å². The van der Waals surface area contributed by atoms with Crippen molar-refractivity contribution in [2.75, 3.05) is 5.32 Å². The van der Waals surface area contributed by atoms with Crippen molar-refractivity contribution in [2.24, 2.45) is 17.1 Å². The summed E-state index contributed by atoms with van der Waals surface area (Å²) in [7, 11) is 0. The molecule has 1 fully saturated rings. The van der Waals surface area contributed by atoms with Gasteiger partial charge >= 0.3 is 0 Å². The lowest BCUT2D eigenvalue weighted by atomic mass is 9.61. The number of carbonyl (C=O) groups excluding carboxylic acids is 2. The molecule has 0 spiro atoms. The third-order valence-electron chi connectivity index (χ3n) is 4.83. The number of amides is 2. The summed E-state index contributed by atoms with van der Waals surface area (Å²) in [6.07, 6.45) is 3.41. The second-order valence-electron chi connectivity index (χ2n) is 6.46. The van der Waals surface area contributed by atoms with E-state index in [-0.39, 0.29) is 11.3 Å². The molecule has 0 aromatic heterocycles. The molecule has 1 aromatic carbocycles. The minimum absolute atomic E-state index is 0.0846. The number of nitriles is 1. The molecule has 0 saturated heterocycles. The van der Waals surface area contributed by atoms with E-state index in [2.05, 4.69) is 5.32 Å². The Morgan fingerprint density at radius 3 is 2.32 bits per heavy atom. The topological polar surface area (TPSA) is 116 Å². The fourth-order valence-electron chi connectivity index (χ4n) is 3.79. The minimum Gasteiger partial charge on any atom is -0.512 e. The number of hydrogen-bond donors (Lipinski definition) is 3. The summed E-state index contributed by atoms with van der Waals surface area (Å²) in [5.41, 5.74) is 5.06. The Morgan fingerprint density at radius 2 is 1.84 bits per heavy atom. The Labute approximate surface area is 147 Å². The Balaban J connectivity index is 2.47. The second kappa shape index (κ2) is 7.84. The van der Waals surface area contributed by atoms with Gasteiger partial charge in [0.25, 0.3) is 5.91 Å². The summed E-state index contributed by atoms with van der Waals surface area (Å²) in [6, 6.07) is 10.8. The van der Waals surface area contributed by atoms with Crippen molar-refractivity contribution in [1.82, 2.24) is 0 Å². The summed E-state index contributed by atoms with van der Waals surface area (Å²) in [6.45, 7) is 1.41. The van der Waals surface area contributed by atoms with Gasteiger partial charge in [-0.05, 0) is 31.9 Å². The van der Waals surface area contributed by atoms with E-state index in [1.807, 2.05) is 12.1 Å². The first-order chi connectivity index (χ1) is 11.9. The van der Waals surface area contributed by atoms with Crippen LogP contribution in [0.15, 0.2) is 41.7 Å². The highest BCUT2D eigenvalue weighted by Crippen LogP contribution is 2.49. The molecule has 0 radical (unpaired) electrons. The molecule has 1 saturated carbocycles. The lowest BCUT2D eigenvalue weighted by molar-refractivity contribution is -0.124. The van der Waals surface area contributed by atoms with Crippen LogP contribution in [0, 0.1) is 22.7 Å². The van der Waals surface area contributed by atoms with E-state index < -0.39 is 23.1 Å². The lowest BCUT2D eigenvalue weighted by Gasteiger charge is -2.41. The molecule has 1 aromatic rings. The zero-order chi connectivity index (χ0) is 18.4. The number of nitrogens with two attached hydrogens (primary N) is 1. The summed E-state index contributed by atoms with van der Waals surface area (Å²) in [5.74, 6) is -2.62. The summed E-state index contributed by atoms with van der Waals surface area (Å²) in [4.78, 5) is 24.8. The predicted molar refractivity (Wildman–Crippen MR) is 94.2 cm³/mol. The van der Waals surface area contributed by atoms with Crippen molar-refractivity contribution in [3.05, 3.63) is 41.7 Å². The number of para-hydroxylation sites is 1. The van der Waals surface area contributed by atoms with E-state index >= 15 is 0 Å². The SMILES string of the molecule is CC(O)=C(C(=O)Nc1ccccc1)C1(C(C#N)C(N)=O)CCCCC1.